The minimum atomic E-state index is -0.185. The van der Waals surface area contributed by atoms with E-state index in [1.807, 2.05) is 13.8 Å². The lowest BCUT2D eigenvalue weighted by atomic mass is 10.2. The summed E-state index contributed by atoms with van der Waals surface area (Å²) in [6.07, 6.45) is 3.83. The molecule has 24 heavy (non-hydrogen) atoms. The van der Waals surface area contributed by atoms with Crippen molar-refractivity contribution in [3.8, 4) is 0 Å². The number of anilines is 3. The van der Waals surface area contributed by atoms with Crippen molar-refractivity contribution in [3.05, 3.63) is 42.2 Å². The fourth-order valence-electron chi connectivity index (χ4n) is 1.89. The Morgan fingerprint density at radius 1 is 1.08 bits per heavy atom. The maximum Gasteiger partial charge on any atom is 0.254 e. The molecule has 2 amide bonds. The van der Waals surface area contributed by atoms with E-state index >= 15 is 0 Å². The molecule has 7 heteroatoms. The molecule has 7 nitrogen and oxygen atoms in total. The largest absolute Gasteiger partial charge is 0.350 e. The number of nitrogens with zero attached hydrogens (tertiary/aromatic N) is 2. The third-order valence-corrected chi connectivity index (χ3v) is 3.37. The summed E-state index contributed by atoms with van der Waals surface area (Å²) < 4.78 is 0. The van der Waals surface area contributed by atoms with E-state index in [4.69, 9.17) is 0 Å². The van der Waals surface area contributed by atoms with E-state index in [0.717, 1.165) is 12.1 Å². The fourth-order valence-corrected chi connectivity index (χ4v) is 1.89. The first-order chi connectivity index (χ1) is 11.5. The van der Waals surface area contributed by atoms with Crippen LogP contribution in [0.4, 0.5) is 17.3 Å². The predicted molar refractivity (Wildman–Crippen MR) is 93.3 cm³/mol. The minimum Gasteiger partial charge on any atom is -0.350 e. The van der Waals surface area contributed by atoms with Crippen molar-refractivity contribution in [2.75, 3.05) is 10.6 Å². The fraction of sp³-hybridized carbons (Fsp3) is 0.294. The molecule has 0 fully saturated rings. The van der Waals surface area contributed by atoms with Crippen molar-refractivity contribution in [3.63, 3.8) is 0 Å². The molecule has 1 atom stereocenters. The van der Waals surface area contributed by atoms with Crippen LogP contribution in [0.1, 0.15) is 37.6 Å². The summed E-state index contributed by atoms with van der Waals surface area (Å²) in [6.45, 7) is 5.41. The number of aromatic nitrogens is 2. The van der Waals surface area contributed by atoms with Crippen LogP contribution in [0.5, 0.6) is 0 Å². The number of hydrogen-bond donors (Lipinski definition) is 3. The van der Waals surface area contributed by atoms with E-state index < -0.39 is 0 Å². The smallest absolute Gasteiger partial charge is 0.254 e. The summed E-state index contributed by atoms with van der Waals surface area (Å²) >= 11 is 0. The Bertz CT molecular complexity index is 698. The lowest BCUT2D eigenvalue weighted by Crippen LogP contribution is -2.32. The first kappa shape index (κ1) is 17.4. The first-order valence-electron chi connectivity index (χ1n) is 7.75. The van der Waals surface area contributed by atoms with Gasteiger partial charge < -0.3 is 16.0 Å². The first-order valence-corrected chi connectivity index (χ1v) is 7.75. The number of benzene rings is 1. The predicted octanol–water partition coefficient (Wildman–Crippen LogP) is 2.71. The number of amides is 2. The summed E-state index contributed by atoms with van der Waals surface area (Å²) in [7, 11) is 0. The summed E-state index contributed by atoms with van der Waals surface area (Å²) in [5, 5.41) is 8.59. The number of nitrogens with one attached hydrogen (secondary N) is 3. The van der Waals surface area contributed by atoms with Gasteiger partial charge in [-0.3, -0.25) is 9.59 Å². The Morgan fingerprint density at radius 3 is 2.21 bits per heavy atom. The van der Waals surface area contributed by atoms with Crippen LogP contribution in [-0.2, 0) is 4.79 Å². The van der Waals surface area contributed by atoms with E-state index in [2.05, 4.69) is 25.9 Å². The molecule has 2 aromatic rings. The van der Waals surface area contributed by atoms with Crippen LogP contribution in [0.3, 0.4) is 0 Å². The zero-order valence-corrected chi connectivity index (χ0v) is 14.0. The average molecular weight is 327 g/mol. The van der Waals surface area contributed by atoms with Crippen LogP contribution in [0, 0.1) is 0 Å². The zero-order chi connectivity index (χ0) is 17.5. The van der Waals surface area contributed by atoms with Crippen LogP contribution in [-0.4, -0.2) is 27.8 Å². The molecule has 0 spiro atoms. The number of carbonyl (C=O) groups excluding carboxylic acids is 2. The molecule has 1 unspecified atom stereocenters. The van der Waals surface area contributed by atoms with E-state index in [1.54, 1.807) is 24.3 Å². The van der Waals surface area contributed by atoms with Crippen LogP contribution in [0.25, 0.3) is 0 Å². The summed E-state index contributed by atoms with van der Waals surface area (Å²) in [6, 6.07) is 7.27. The highest BCUT2D eigenvalue weighted by atomic mass is 16.2. The van der Waals surface area contributed by atoms with Crippen LogP contribution in [0.2, 0.25) is 0 Å². The molecule has 0 aliphatic carbocycles. The van der Waals surface area contributed by atoms with Crippen molar-refractivity contribution in [2.24, 2.45) is 0 Å². The van der Waals surface area contributed by atoms with Gasteiger partial charge in [0.25, 0.3) is 5.91 Å². The molecule has 0 bridgehead atoms. The topological polar surface area (TPSA) is 96.0 Å². The van der Waals surface area contributed by atoms with Gasteiger partial charge in [0.2, 0.25) is 11.9 Å². The molecule has 3 N–H and O–H groups in total. The maximum atomic E-state index is 12.0. The second kappa shape index (κ2) is 8.05. The summed E-state index contributed by atoms with van der Waals surface area (Å²) in [4.78, 5) is 31.2. The van der Waals surface area contributed by atoms with Crippen molar-refractivity contribution < 1.29 is 9.59 Å². The van der Waals surface area contributed by atoms with Gasteiger partial charge in [-0.2, -0.15) is 0 Å². The van der Waals surface area contributed by atoms with Gasteiger partial charge in [-0.25, -0.2) is 9.97 Å². The third kappa shape index (κ3) is 5.05. The average Bonchev–Trinajstić information content (AvgIpc) is 2.56. The Morgan fingerprint density at radius 2 is 1.67 bits per heavy atom. The van der Waals surface area contributed by atoms with Gasteiger partial charge in [0.15, 0.2) is 0 Å². The Balaban J connectivity index is 1.98. The standard InChI is InChI=1S/C17H21N5O2/c1-4-11(2)20-16(24)13-9-18-17(19-10-13)22-15-7-5-14(6-8-15)21-12(3)23/h5-11H,4H2,1-3H3,(H,20,24)(H,21,23)(H,18,19,22). The van der Waals surface area contributed by atoms with E-state index in [1.165, 1.54) is 19.3 Å². The SMILES string of the molecule is CCC(C)NC(=O)c1cnc(Nc2ccc(NC(C)=O)cc2)nc1. The number of hydrogen-bond acceptors (Lipinski definition) is 5. The Hall–Kier alpha value is -2.96. The Kier molecular flexibility index (Phi) is 5.83. The van der Waals surface area contributed by atoms with Gasteiger partial charge in [-0.1, -0.05) is 6.92 Å². The van der Waals surface area contributed by atoms with Gasteiger partial charge in [0.05, 0.1) is 5.56 Å². The van der Waals surface area contributed by atoms with Gasteiger partial charge in [0, 0.05) is 36.7 Å². The number of carbonyl (C=O) groups is 2. The zero-order valence-electron chi connectivity index (χ0n) is 14.0. The molecule has 126 valence electrons. The highest BCUT2D eigenvalue weighted by Gasteiger charge is 2.09. The molecule has 0 radical (unpaired) electrons. The second-order valence-corrected chi connectivity index (χ2v) is 5.46. The van der Waals surface area contributed by atoms with E-state index in [9.17, 15) is 9.59 Å². The lowest BCUT2D eigenvalue weighted by molar-refractivity contribution is -0.114. The normalized spacial score (nSPS) is 11.5. The van der Waals surface area contributed by atoms with Crippen molar-refractivity contribution in [1.82, 2.24) is 15.3 Å². The van der Waals surface area contributed by atoms with Gasteiger partial charge in [-0.05, 0) is 37.6 Å². The maximum absolute atomic E-state index is 12.0. The lowest BCUT2D eigenvalue weighted by Gasteiger charge is -2.11. The molecule has 0 saturated carbocycles. The molecular weight excluding hydrogens is 306 g/mol. The monoisotopic (exact) mass is 327 g/mol. The third-order valence-electron chi connectivity index (χ3n) is 3.37. The van der Waals surface area contributed by atoms with E-state index in [-0.39, 0.29) is 17.9 Å². The van der Waals surface area contributed by atoms with Crippen molar-refractivity contribution in [2.45, 2.75) is 33.2 Å². The van der Waals surface area contributed by atoms with Gasteiger partial charge in [-0.15, -0.1) is 0 Å². The van der Waals surface area contributed by atoms with Crippen LogP contribution >= 0.6 is 0 Å². The van der Waals surface area contributed by atoms with Crippen molar-refractivity contribution >= 4 is 29.1 Å². The quantitative estimate of drug-likeness (QED) is 0.758. The number of rotatable bonds is 6. The van der Waals surface area contributed by atoms with Gasteiger partial charge in [0.1, 0.15) is 0 Å². The van der Waals surface area contributed by atoms with Crippen molar-refractivity contribution in [1.29, 1.82) is 0 Å². The molecule has 1 aromatic heterocycles. The molecule has 1 aromatic carbocycles. The molecular formula is C17H21N5O2. The van der Waals surface area contributed by atoms with Crippen LogP contribution in [0.15, 0.2) is 36.7 Å². The minimum absolute atomic E-state index is 0.109. The summed E-state index contributed by atoms with van der Waals surface area (Å²) in [5.74, 6) is 0.0863. The van der Waals surface area contributed by atoms with E-state index in [0.29, 0.717) is 17.2 Å². The molecule has 0 aliphatic rings. The van der Waals surface area contributed by atoms with Gasteiger partial charge >= 0.3 is 0 Å². The second-order valence-electron chi connectivity index (χ2n) is 5.46. The Labute approximate surface area is 140 Å². The molecule has 1 heterocycles. The highest BCUT2D eigenvalue weighted by Crippen LogP contribution is 2.16. The molecule has 2 rings (SSSR count). The molecule has 0 saturated heterocycles. The molecule has 0 aliphatic heterocycles. The van der Waals surface area contributed by atoms with Crippen LogP contribution < -0.4 is 16.0 Å². The summed E-state index contributed by atoms with van der Waals surface area (Å²) in [5.41, 5.74) is 1.91. The highest BCUT2D eigenvalue weighted by molar-refractivity contribution is 5.93.